The number of aliphatic hydroxyl groups is 3. The predicted molar refractivity (Wildman–Crippen MR) is 100 cm³/mol. The summed E-state index contributed by atoms with van der Waals surface area (Å²) in [6, 6.07) is 0. The zero-order chi connectivity index (χ0) is 21.1. The summed E-state index contributed by atoms with van der Waals surface area (Å²) in [5.41, 5.74) is -2.46. The van der Waals surface area contributed by atoms with E-state index in [9.17, 15) is 24.9 Å². The minimum Gasteiger partial charge on any atom is -0.462 e. The van der Waals surface area contributed by atoms with Gasteiger partial charge in [-0.2, -0.15) is 0 Å². The monoisotopic (exact) mass is 406 g/mol. The lowest BCUT2D eigenvalue weighted by molar-refractivity contribution is -0.455. The molecular formula is C22H30O7. The van der Waals surface area contributed by atoms with E-state index < -0.39 is 58.1 Å². The van der Waals surface area contributed by atoms with Crippen molar-refractivity contribution in [2.75, 3.05) is 6.61 Å². The fourth-order valence-electron chi connectivity index (χ4n) is 8.17. The van der Waals surface area contributed by atoms with Gasteiger partial charge in [0.25, 0.3) is 0 Å². The van der Waals surface area contributed by atoms with E-state index in [1.54, 1.807) is 0 Å². The van der Waals surface area contributed by atoms with Gasteiger partial charge in [-0.3, -0.25) is 9.59 Å². The molecule has 4 aliphatic carbocycles. The van der Waals surface area contributed by atoms with Crippen LogP contribution in [-0.4, -0.2) is 57.8 Å². The minimum atomic E-state index is -2.09. The number of esters is 1. The van der Waals surface area contributed by atoms with Crippen LogP contribution in [0.15, 0.2) is 12.2 Å². The lowest BCUT2D eigenvalue weighted by Crippen LogP contribution is -2.85. The van der Waals surface area contributed by atoms with Gasteiger partial charge < -0.3 is 24.8 Å². The number of carbonyl (C=O) groups excluding carboxylic acids is 2. The number of rotatable bonds is 1. The van der Waals surface area contributed by atoms with Crippen LogP contribution < -0.4 is 0 Å². The molecule has 6 aliphatic rings. The summed E-state index contributed by atoms with van der Waals surface area (Å²) in [5, 5.41) is 34.6. The number of hydrogen-bond acceptors (Lipinski definition) is 7. The second-order valence-electron chi connectivity index (χ2n) is 10.7. The molecule has 2 spiro atoms. The van der Waals surface area contributed by atoms with Crippen LogP contribution in [0.2, 0.25) is 0 Å². The molecule has 0 aromatic rings. The fourth-order valence-corrected chi connectivity index (χ4v) is 8.17. The Bertz CT molecular complexity index is 820. The average Bonchev–Trinajstić information content (AvgIpc) is 2.82. The minimum absolute atomic E-state index is 0.0183. The normalized spacial score (nSPS) is 54.7. The molecule has 4 bridgehead atoms. The van der Waals surface area contributed by atoms with Crippen molar-refractivity contribution in [2.24, 2.45) is 34.0 Å². The highest BCUT2D eigenvalue weighted by Crippen LogP contribution is 2.76. The maximum Gasteiger partial charge on any atom is 0.302 e. The van der Waals surface area contributed by atoms with Crippen molar-refractivity contribution < 1.29 is 34.4 Å². The van der Waals surface area contributed by atoms with Crippen LogP contribution in [-0.2, 0) is 19.1 Å². The summed E-state index contributed by atoms with van der Waals surface area (Å²) in [6.45, 7) is 9.36. The van der Waals surface area contributed by atoms with E-state index in [2.05, 4.69) is 6.58 Å². The molecule has 0 unspecified atom stereocenters. The number of hydrogen-bond donors (Lipinski definition) is 3. The number of ether oxygens (including phenoxy) is 2. The zero-order valence-electron chi connectivity index (χ0n) is 17.2. The number of carbonyl (C=O) groups is 2. The van der Waals surface area contributed by atoms with E-state index in [0.717, 1.165) is 0 Å². The largest absolute Gasteiger partial charge is 0.462 e. The van der Waals surface area contributed by atoms with Crippen LogP contribution in [0.3, 0.4) is 0 Å². The highest BCUT2D eigenvalue weighted by atomic mass is 16.6. The topological polar surface area (TPSA) is 113 Å². The first-order valence-corrected chi connectivity index (χ1v) is 10.6. The Hall–Kier alpha value is -1.28. The molecule has 2 heterocycles. The molecule has 3 N–H and O–H groups in total. The van der Waals surface area contributed by atoms with Crippen LogP contribution in [0.1, 0.15) is 46.5 Å². The smallest absolute Gasteiger partial charge is 0.302 e. The summed E-state index contributed by atoms with van der Waals surface area (Å²) >= 11 is 0. The molecule has 6 rings (SSSR count). The summed E-state index contributed by atoms with van der Waals surface area (Å²) < 4.78 is 11.6. The lowest BCUT2D eigenvalue weighted by Gasteiger charge is -2.74. The summed E-state index contributed by atoms with van der Waals surface area (Å²) in [7, 11) is 0. The zero-order valence-corrected chi connectivity index (χ0v) is 17.2. The molecule has 0 aromatic carbocycles. The number of allylic oxidation sites excluding steroid dienone is 1. The van der Waals surface area contributed by atoms with Gasteiger partial charge in [0, 0.05) is 24.2 Å². The highest BCUT2D eigenvalue weighted by Gasteiger charge is 2.86. The molecule has 29 heavy (non-hydrogen) atoms. The van der Waals surface area contributed by atoms with Gasteiger partial charge >= 0.3 is 5.97 Å². The molecule has 2 aliphatic heterocycles. The van der Waals surface area contributed by atoms with Crippen LogP contribution in [0.5, 0.6) is 0 Å². The van der Waals surface area contributed by atoms with Gasteiger partial charge in [-0.05, 0) is 42.6 Å². The van der Waals surface area contributed by atoms with Gasteiger partial charge in [0.2, 0.25) is 5.79 Å². The van der Waals surface area contributed by atoms with E-state index in [4.69, 9.17) is 9.47 Å². The van der Waals surface area contributed by atoms with Crippen LogP contribution in [0.25, 0.3) is 0 Å². The van der Waals surface area contributed by atoms with Crippen molar-refractivity contribution in [2.45, 2.75) is 70.6 Å². The maximum atomic E-state index is 13.6. The standard InChI is InChI=1S/C22H30O7/c1-10-12-7-13(29-11(2)23)15-20-9-28-22(27,21(15,8-12)17(10)25)18(26)16(20)19(3,4)6-5-14(20)24/h12-16,18,24,26-27H,1,5-9H2,2-4H3/t12-,13+,14+,15+,16-,18+,20+,21+,22+/m1/s1. The molecule has 7 heteroatoms. The van der Waals surface area contributed by atoms with Crippen molar-refractivity contribution in [3.63, 3.8) is 0 Å². The molecule has 2 saturated heterocycles. The van der Waals surface area contributed by atoms with Crippen LogP contribution >= 0.6 is 0 Å². The SMILES string of the molecule is C=C1C(=O)[C@]23C[C@H]1C[C@H](OC(C)=O)[C@H]2[C@@]12CO[C@@]3(O)[C@@H](O)[C@@H]1C(C)(C)CC[C@@H]2O. The van der Waals surface area contributed by atoms with Crippen molar-refractivity contribution in [3.05, 3.63) is 12.2 Å². The van der Waals surface area contributed by atoms with Gasteiger partial charge in [-0.25, -0.2) is 0 Å². The molecule has 4 saturated carbocycles. The van der Waals surface area contributed by atoms with E-state index in [0.29, 0.717) is 31.3 Å². The van der Waals surface area contributed by atoms with E-state index in [-0.39, 0.29) is 18.3 Å². The first kappa shape index (κ1) is 19.7. The molecule has 7 nitrogen and oxygen atoms in total. The maximum absolute atomic E-state index is 13.6. The summed E-state index contributed by atoms with van der Waals surface area (Å²) in [6.07, 6.45) is -0.914. The molecule has 160 valence electrons. The van der Waals surface area contributed by atoms with Crippen LogP contribution in [0, 0.1) is 34.0 Å². The fraction of sp³-hybridized carbons (Fsp3) is 0.818. The molecule has 6 fully saturated rings. The predicted octanol–water partition coefficient (Wildman–Crippen LogP) is 0.946. The Morgan fingerprint density at radius 3 is 2.62 bits per heavy atom. The first-order valence-electron chi connectivity index (χ1n) is 10.6. The molecule has 0 amide bonds. The first-order chi connectivity index (χ1) is 13.4. The van der Waals surface area contributed by atoms with Crippen LogP contribution in [0.4, 0.5) is 0 Å². The van der Waals surface area contributed by atoms with E-state index in [1.807, 2.05) is 13.8 Å². The van der Waals surface area contributed by atoms with Crippen molar-refractivity contribution in [1.29, 1.82) is 0 Å². The number of Topliss-reactive ketones (excluding diaryl/α,β-unsaturated/α-hetero) is 1. The van der Waals surface area contributed by atoms with Gasteiger partial charge in [0.15, 0.2) is 5.78 Å². The third-order valence-electron chi connectivity index (χ3n) is 9.08. The Morgan fingerprint density at radius 2 is 1.97 bits per heavy atom. The number of ketones is 1. The third-order valence-corrected chi connectivity index (χ3v) is 9.08. The molecular weight excluding hydrogens is 376 g/mol. The number of fused-ring (bicyclic) bond motifs is 2. The third kappa shape index (κ3) is 1.94. The van der Waals surface area contributed by atoms with Gasteiger partial charge in [0.1, 0.15) is 12.2 Å². The Balaban J connectivity index is 1.80. The van der Waals surface area contributed by atoms with Crippen molar-refractivity contribution >= 4 is 11.8 Å². The molecule has 0 aromatic heterocycles. The van der Waals surface area contributed by atoms with E-state index in [1.165, 1.54) is 6.92 Å². The quantitative estimate of drug-likeness (QED) is 0.439. The van der Waals surface area contributed by atoms with Gasteiger partial charge in [0.05, 0.1) is 18.1 Å². The lowest BCUT2D eigenvalue weighted by atomic mass is 9.35. The van der Waals surface area contributed by atoms with E-state index >= 15 is 0 Å². The molecule has 0 radical (unpaired) electrons. The molecule has 9 atom stereocenters. The second-order valence-corrected chi connectivity index (χ2v) is 10.7. The number of aliphatic hydroxyl groups excluding tert-OH is 2. The van der Waals surface area contributed by atoms with Crippen molar-refractivity contribution in [3.8, 4) is 0 Å². The summed E-state index contributed by atoms with van der Waals surface area (Å²) in [5.74, 6) is -4.25. The van der Waals surface area contributed by atoms with Crippen molar-refractivity contribution in [1.82, 2.24) is 0 Å². The Kier molecular flexibility index (Phi) is 3.73. The highest BCUT2D eigenvalue weighted by molar-refractivity contribution is 6.04. The Labute approximate surface area is 170 Å². The Morgan fingerprint density at radius 1 is 1.28 bits per heavy atom. The van der Waals surface area contributed by atoms with Gasteiger partial charge in [-0.15, -0.1) is 0 Å². The van der Waals surface area contributed by atoms with Gasteiger partial charge in [-0.1, -0.05) is 20.4 Å². The summed E-state index contributed by atoms with van der Waals surface area (Å²) in [4.78, 5) is 25.5. The second kappa shape index (κ2) is 5.49. The average molecular weight is 406 g/mol.